The molecule has 0 aliphatic carbocycles. The van der Waals surface area contributed by atoms with E-state index < -0.39 is 11.2 Å². The maximum absolute atomic E-state index is 12.7. The fourth-order valence-electron chi connectivity index (χ4n) is 2.49. The fraction of sp³-hybridized carbons (Fsp3) is 0.118. The number of phenolic OH excluding ortho intramolecular Hbond substituents is 3. The molecule has 0 aliphatic heterocycles. The lowest BCUT2D eigenvalue weighted by Crippen LogP contribution is -2.05. The van der Waals surface area contributed by atoms with Crippen LogP contribution in [0.1, 0.15) is 0 Å². The predicted octanol–water partition coefficient (Wildman–Crippen LogP) is 2.59. The van der Waals surface area contributed by atoms with Crippen LogP contribution in [0, 0.1) is 0 Å². The lowest BCUT2D eigenvalue weighted by atomic mass is 10.0. The standard InChI is InChI=1S/C17H14O7/c1-22-12-4-3-8(5-10(12)18)9-7-24-13-6-11(19)17(23-2)16(21)14(13)15(9)20/h3-7,18-19,21H,1-2H3. The Kier molecular flexibility index (Phi) is 3.69. The van der Waals surface area contributed by atoms with Gasteiger partial charge >= 0.3 is 0 Å². The Bertz CT molecular complexity index is 988. The molecule has 1 heterocycles. The monoisotopic (exact) mass is 330 g/mol. The van der Waals surface area contributed by atoms with E-state index in [1.165, 1.54) is 38.7 Å². The summed E-state index contributed by atoms with van der Waals surface area (Å²) in [5.41, 5.74) is -0.00668. The SMILES string of the molecule is COc1ccc(-c2coc3cc(O)c(OC)c(O)c3c2=O)cc1O. The Labute approximate surface area is 135 Å². The maximum Gasteiger partial charge on any atom is 0.204 e. The highest BCUT2D eigenvalue weighted by atomic mass is 16.5. The van der Waals surface area contributed by atoms with Crippen molar-refractivity contribution in [1.29, 1.82) is 0 Å². The maximum atomic E-state index is 12.7. The van der Waals surface area contributed by atoms with Gasteiger partial charge < -0.3 is 29.2 Å². The fourth-order valence-corrected chi connectivity index (χ4v) is 2.49. The highest BCUT2D eigenvalue weighted by Gasteiger charge is 2.20. The van der Waals surface area contributed by atoms with Crippen molar-refractivity contribution in [2.45, 2.75) is 0 Å². The molecule has 0 unspecified atom stereocenters. The lowest BCUT2D eigenvalue weighted by molar-refractivity contribution is 0.346. The van der Waals surface area contributed by atoms with Gasteiger partial charge in [0.25, 0.3) is 0 Å². The quantitative estimate of drug-likeness (QED) is 0.677. The van der Waals surface area contributed by atoms with Crippen molar-refractivity contribution >= 4 is 11.0 Å². The molecule has 3 rings (SSSR count). The summed E-state index contributed by atoms with van der Waals surface area (Å²) < 4.78 is 15.2. The van der Waals surface area contributed by atoms with Gasteiger partial charge in [0.1, 0.15) is 17.2 Å². The average Bonchev–Trinajstić information content (AvgIpc) is 2.55. The first-order valence-corrected chi connectivity index (χ1v) is 6.89. The van der Waals surface area contributed by atoms with E-state index in [2.05, 4.69) is 0 Å². The summed E-state index contributed by atoms with van der Waals surface area (Å²) in [6.07, 6.45) is 1.19. The summed E-state index contributed by atoms with van der Waals surface area (Å²) in [5.74, 6) is -0.953. The van der Waals surface area contributed by atoms with Crippen LogP contribution in [0.3, 0.4) is 0 Å². The number of benzene rings is 2. The van der Waals surface area contributed by atoms with Crippen LogP contribution in [0.2, 0.25) is 0 Å². The Hall–Kier alpha value is -3.35. The topological polar surface area (TPSA) is 109 Å². The molecule has 0 amide bonds. The number of hydrogen-bond acceptors (Lipinski definition) is 7. The molecule has 0 fully saturated rings. The first-order chi connectivity index (χ1) is 11.5. The number of methoxy groups -OCH3 is 2. The number of fused-ring (bicyclic) bond motifs is 1. The van der Waals surface area contributed by atoms with Crippen LogP contribution in [-0.2, 0) is 0 Å². The molecule has 0 atom stereocenters. The summed E-state index contributed by atoms with van der Waals surface area (Å²) in [5, 5.41) is 29.7. The van der Waals surface area contributed by atoms with Gasteiger partial charge in [-0.05, 0) is 17.7 Å². The van der Waals surface area contributed by atoms with Gasteiger partial charge in [-0.25, -0.2) is 0 Å². The average molecular weight is 330 g/mol. The van der Waals surface area contributed by atoms with Crippen LogP contribution >= 0.6 is 0 Å². The van der Waals surface area contributed by atoms with Gasteiger partial charge in [-0.2, -0.15) is 0 Å². The summed E-state index contributed by atoms with van der Waals surface area (Å²) in [6.45, 7) is 0. The molecule has 1 aromatic heterocycles. The normalized spacial score (nSPS) is 10.8. The number of aromatic hydroxyl groups is 3. The van der Waals surface area contributed by atoms with Gasteiger partial charge in [0.05, 0.1) is 19.8 Å². The molecule has 0 saturated heterocycles. The molecule has 0 bridgehead atoms. The van der Waals surface area contributed by atoms with Crippen LogP contribution in [0.15, 0.2) is 39.7 Å². The lowest BCUT2D eigenvalue weighted by Gasteiger charge is -2.10. The Morgan fingerprint density at radius 2 is 1.75 bits per heavy atom. The second-order valence-electron chi connectivity index (χ2n) is 5.02. The molecular weight excluding hydrogens is 316 g/mol. The van der Waals surface area contributed by atoms with Crippen molar-refractivity contribution in [3.63, 3.8) is 0 Å². The molecule has 3 N–H and O–H groups in total. The largest absolute Gasteiger partial charge is 0.504 e. The van der Waals surface area contributed by atoms with Crippen molar-refractivity contribution in [3.05, 3.63) is 40.8 Å². The van der Waals surface area contributed by atoms with Crippen molar-refractivity contribution in [1.82, 2.24) is 0 Å². The third-order valence-electron chi connectivity index (χ3n) is 3.67. The van der Waals surface area contributed by atoms with E-state index in [1.54, 1.807) is 6.07 Å². The third kappa shape index (κ3) is 2.26. The molecule has 2 aromatic carbocycles. The third-order valence-corrected chi connectivity index (χ3v) is 3.67. The highest BCUT2D eigenvalue weighted by molar-refractivity contribution is 5.91. The number of rotatable bonds is 3. The second kappa shape index (κ2) is 5.69. The van der Waals surface area contributed by atoms with Gasteiger partial charge in [0.2, 0.25) is 11.2 Å². The number of hydrogen-bond donors (Lipinski definition) is 3. The molecule has 0 spiro atoms. The minimum Gasteiger partial charge on any atom is -0.504 e. The van der Waals surface area contributed by atoms with E-state index in [9.17, 15) is 20.1 Å². The first-order valence-electron chi connectivity index (χ1n) is 6.89. The van der Waals surface area contributed by atoms with Crippen molar-refractivity contribution in [3.8, 4) is 39.9 Å². The minimum atomic E-state index is -0.531. The van der Waals surface area contributed by atoms with E-state index in [0.717, 1.165) is 0 Å². The van der Waals surface area contributed by atoms with Gasteiger partial charge in [0.15, 0.2) is 23.0 Å². The van der Waals surface area contributed by atoms with Gasteiger partial charge in [-0.3, -0.25) is 4.79 Å². The van der Waals surface area contributed by atoms with E-state index in [4.69, 9.17) is 13.9 Å². The number of phenols is 3. The van der Waals surface area contributed by atoms with Crippen molar-refractivity contribution in [2.75, 3.05) is 14.2 Å². The molecule has 7 heteroatoms. The predicted molar refractivity (Wildman–Crippen MR) is 86.0 cm³/mol. The van der Waals surface area contributed by atoms with Crippen molar-refractivity contribution in [2.24, 2.45) is 0 Å². The molecule has 124 valence electrons. The van der Waals surface area contributed by atoms with Crippen molar-refractivity contribution < 1.29 is 29.2 Å². The molecule has 24 heavy (non-hydrogen) atoms. The smallest absolute Gasteiger partial charge is 0.204 e. The molecule has 0 saturated carbocycles. The number of ether oxygens (including phenoxy) is 2. The zero-order valence-corrected chi connectivity index (χ0v) is 12.9. The van der Waals surface area contributed by atoms with Crippen LogP contribution < -0.4 is 14.9 Å². The van der Waals surface area contributed by atoms with Gasteiger partial charge in [-0.1, -0.05) is 6.07 Å². The molecule has 0 radical (unpaired) electrons. The summed E-state index contributed by atoms with van der Waals surface area (Å²) in [4.78, 5) is 12.7. The van der Waals surface area contributed by atoms with Crippen LogP contribution in [0.4, 0.5) is 0 Å². The van der Waals surface area contributed by atoms with E-state index >= 15 is 0 Å². The van der Waals surface area contributed by atoms with E-state index in [0.29, 0.717) is 5.56 Å². The zero-order valence-electron chi connectivity index (χ0n) is 12.9. The molecule has 7 nitrogen and oxygen atoms in total. The minimum absolute atomic E-state index is 0.0114. The summed E-state index contributed by atoms with van der Waals surface area (Å²) >= 11 is 0. The molecular formula is C17H14O7. The first kappa shape index (κ1) is 15.5. The van der Waals surface area contributed by atoms with E-state index in [1.807, 2.05) is 0 Å². The van der Waals surface area contributed by atoms with Gasteiger partial charge in [0, 0.05) is 6.07 Å². The van der Waals surface area contributed by atoms with Crippen LogP contribution in [0.5, 0.6) is 28.7 Å². The second-order valence-corrected chi connectivity index (χ2v) is 5.02. The Morgan fingerprint density at radius 3 is 2.38 bits per heavy atom. The summed E-state index contributed by atoms with van der Waals surface area (Å²) in [6, 6.07) is 5.62. The highest BCUT2D eigenvalue weighted by Crippen LogP contribution is 2.41. The Morgan fingerprint density at radius 1 is 1.00 bits per heavy atom. The Balaban J connectivity index is 2.30. The van der Waals surface area contributed by atoms with Crippen LogP contribution in [-0.4, -0.2) is 29.5 Å². The molecule has 0 aliphatic rings. The molecule has 3 aromatic rings. The van der Waals surface area contributed by atoms with Crippen LogP contribution in [0.25, 0.3) is 22.1 Å². The zero-order chi connectivity index (χ0) is 17.4. The van der Waals surface area contributed by atoms with Gasteiger partial charge in [-0.15, -0.1) is 0 Å². The summed E-state index contributed by atoms with van der Waals surface area (Å²) in [7, 11) is 2.67. The van der Waals surface area contributed by atoms with E-state index in [-0.39, 0.29) is 39.5 Å².